The molecule has 0 radical (unpaired) electrons. The Morgan fingerprint density at radius 3 is 2.53 bits per heavy atom. The molecule has 0 saturated heterocycles. The van der Waals surface area contributed by atoms with Crippen LogP contribution >= 0.6 is 11.6 Å². The smallest absolute Gasteiger partial charge is 0.207 e. The van der Waals surface area contributed by atoms with Gasteiger partial charge in [0, 0.05) is 19.5 Å². The SMILES string of the molecule is CN(CCCl)S(=O)(=O)c1ccccc1F. The Balaban J connectivity index is 3.12. The first-order valence-electron chi connectivity index (χ1n) is 4.27. The van der Waals surface area contributed by atoms with E-state index in [0.29, 0.717) is 0 Å². The molecule has 0 saturated carbocycles. The fourth-order valence-corrected chi connectivity index (χ4v) is 2.65. The second-order valence-electron chi connectivity index (χ2n) is 2.95. The van der Waals surface area contributed by atoms with Gasteiger partial charge < -0.3 is 0 Å². The van der Waals surface area contributed by atoms with Crippen LogP contribution in [0.4, 0.5) is 4.39 Å². The van der Waals surface area contributed by atoms with E-state index in [0.717, 1.165) is 10.4 Å². The summed E-state index contributed by atoms with van der Waals surface area (Å²) in [4.78, 5) is -0.322. The maximum atomic E-state index is 13.2. The number of sulfonamides is 1. The molecule has 0 aliphatic heterocycles. The van der Waals surface area contributed by atoms with Crippen LogP contribution in [0.5, 0.6) is 0 Å². The van der Waals surface area contributed by atoms with Crippen molar-refractivity contribution in [3.63, 3.8) is 0 Å². The van der Waals surface area contributed by atoms with Crippen molar-refractivity contribution in [2.75, 3.05) is 19.5 Å². The van der Waals surface area contributed by atoms with Crippen molar-refractivity contribution in [2.24, 2.45) is 0 Å². The molecule has 0 aliphatic carbocycles. The predicted octanol–water partition coefficient (Wildman–Crippen LogP) is 1.69. The minimum absolute atomic E-state index is 0.151. The van der Waals surface area contributed by atoms with Gasteiger partial charge in [0.25, 0.3) is 0 Å². The summed E-state index contributed by atoms with van der Waals surface area (Å²) in [5.74, 6) is -0.580. The number of nitrogens with zero attached hydrogens (tertiary/aromatic N) is 1. The highest BCUT2D eigenvalue weighted by atomic mass is 35.5. The lowest BCUT2D eigenvalue weighted by atomic mass is 10.4. The number of rotatable bonds is 4. The van der Waals surface area contributed by atoms with Gasteiger partial charge in [0.1, 0.15) is 10.7 Å². The summed E-state index contributed by atoms with van der Waals surface area (Å²) in [6, 6.07) is 5.26. The molecule has 0 heterocycles. The molecule has 0 aromatic heterocycles. The predicted molar refractivity (Wildman–Crippen MR) is 56.9 cm³/mol. The Bertz CT molecular complexity index is 435. The Labute approximate surface area is 93.5 Å². The van der Waals surface area contributed by atoms with Gasteiger partial charge in [-0.3, -0.25) is 0 Å². The van der Waals surface area contributed by atoms with E-state index in [2.05, 4.69) is 0 Å². The summed E-state index contributed by atoms with van der Waals surface area (Å²) in [7, 11) is -2.39. The van der Waals surface area contributed by atoms with Gasteiger partial charge in [-0.05, 0) is 12.1 Å². The Kier molecular flexibility index (Phi) is 4.07. The summed E-state index contributed by atoms with van der Waals surface area (Å²) < 4.78 is 37.8. The van der Waals surface area contributed by atoms with Crippen molar-refractivity contribution in [3.05, 3.63) is 30.1 Å². The molecule has 0 aliphatic rings. The van der Waals surface area contributed by atoms with Gasteiger partial charge in [-0.2, -0.15) is 4.31 Å². The minimum Gasteiger partial charge on any atom is -0.207 e. The van der Waals surface area contributed by atoms with Crippen LogP contribution in [-0.2, 0) is 10.0 Å². The van der Waals surface area contributed by atoms with Crippen molar-refractivity contribution in [3.8, 4) is 0 Å². The minimum atomic E-state index is -3.76. The summed E-state index contributed by atoms with van der Waals surface area (Å²) in [6.45, 7) is 0.151. The highest BCUT2D eigenvalue weighted by molar-refractivity contribution is 7.89. The lowest BCUT2D eigenvalue weighted by Gasteiger charge is -2.15. The van der Waals surface area contributed by atoms with Gasteiger partial charge in [-0.1, -0.05) is 12.1 Å². The van der Waals surface area contributed by atoms with Crippen LogP contribution < -0.4 is 0 Å². The molecule has 84 valence electrons. The lowest BCUT2D eigenvalue weighted by molar-refractivity contribution is 0.479. The van der Waals surface area contributed by atoms with Crippen LogP contribution in [0.1, 0.15) is 0 Å². The summed E-state index contributed by atoms with van der Waals surface area (Å²) in [5, 5.41) is 0. The first-order valence-corrected chi connectivity index (χ1v) is 6.24. The molecule has 0 fully saturated rings. The third-order valence-electron chi connectivity index (χ3n) is 1.92. The van der Waals surface area contributed by atoms with E-state index in [1.165, 1.54) is 25.2 Å². The van der Waals surface area contributed by atoms with E-state index in [1.54, 1.807) is 0 Å². The van der Waals surface area contributed by atoms with E-state index in [4.69, 9.17) is 11.6 Å². The lowest BCUT2D eigenvalue weighted by Crippen LogP contribution is -2.29. The maximum Gasteiger partial charge on any atom is 0.245 e. The second-order valence-corrected chi connectivity index (χ2v) is 5.34. The quantitative estimate of drug-likeness (QED) is 0.764. The molecule has 1 rings (SSSR count). The molecule has 0 bridgehead atoms. The largest absolute Gasteiger partial charge is 0.245 e. The van der Waals surface area contributed by atoms with Crippen LogP contribution in [0.15, 0.2) is 29.2 Å². The number of benzene rings is 1. The van der Waals surface area contributed by atoms with E-state index in [9.17, 15) is 12.8 Å². The van der Waals surface area contributed by atoms with Gasteiger partial charge in [0.05, 0.1) is 0 Å². The Morgan fingerprint density at radius 1 is 1.40 bits per heavy atom. The van der Waals surface area contributed by atoms with Gasteiger partial charge in [0.2, 0.25) is 10.0 Å². The molecule has 0 amide bonds. The number of alkyl halides is 1. The van der Waals surface area contributed by atoms with Gasteiger partial charge >= 0.3 is 0 Å². The van der Waals surface area contributed by atoms with Crippen molar-refractivity contribution >= 4 is 21.6 Å². The van der Waals surface area contributed by atoms with Crippen molar-refractivity contribution < 1.29 is 12.8 Å². The third-order valence-corrected chi connectivity index (χ3v) is 3.98. The van der Waals surface area contributed by atoms with Gasteiger partial charge in [0.15, 0.2) is 0 Å². The molecule has 1 aromatic rings. The molecular weight excluding hydrogens is 241 g/mol. The number of halogens is 2. The van der Waals surface area contributed by atoms with Crippen LogP contribution in [0.25, 0.3) is 0 Å². The third kappa shape index (κ3) is 2.68. The molecule has 15 heavy (non-hydrogen) atoms. The van der Waals surface area contributed by atoms with E-state index in [1.807, 2.05) is 0 Å². The Morgan fingerprint density at radius 2 is 2.00 bits per heavy atom. The van der Waals surface area contributed by atoms with Crippen LogP contribution in [-0.4, -0.2) is 32.2 Å². The average molecular weight is 252 g/mol. The molecule has 1 aromatic carbocycles. The molecular formula is C9H11ClFNO2S. The summed E-state index contributed by atoms with van der Waals surface area (Å²) in [6.07, 6.45) is 0. The molecule has 3 nitrogen and oxygen atoms in total. The van der Waals surface area contributed by atoms with Crippen molar-refractivity contribution in [2.45, 2.75) is 4.90 Å². The average Bonchev–Trinajstić information content (AvgIpc) is 2.18. The second kappa shape index (κ2) is 4.92. The zero-order valence-electron chi connectivity index (χ0n) is 8.15. The first-order chi connectivity index (χ1) is 7.00. The maximum absolute atomic E-state index is 13.2. The molecule has 0 atom stereocenters. The fourth-order valence-electron chi connectivity index (χ4n) is 1.06. The van der Waals surface area contributed by atoms with E-state index >= 15 is 0 Å². The number of hydrogen-bond donors (Lipinski definition) is 0. The Hall–Kier alpha value is -0.650. The van der Waals surface area contributed by atoms with Crippen LogP contribution in [0.2, 0.25) is 0 Å². The monoisotopic (exact) mass is 251 g/mol. The normalized spacial score (nSPS) is 12.0. The van der Waals surface area contributed by atoms with Crippen LogP contribution in [0.3, 0.4) is 0 Å². The summed E-state index contributed by atoms with van der Waals surface area (Å²) >= 11 is 5.43. The van der Waals surface area contributed by atoms with Crippen LogP contribution in [0, 0.1) is 5.82 Å². The van der Waals surface area contributed by atoms with E-state index in [-0.39, 0.29) is 17.3 Å². The van der Waals surface area contributed by atoms with Crippen molar-refractivity contribution in [1.29, 1.82) is 0 Å². The fraction of sp³-hybridized carbons (Fsp3) is 0.333. The highest BCUT2D eigenvalue weighted by Gasteiger charge is 2.23. The molecule has 0 unspecified atom stereocenters. The topological polar surface area (TPSA) is 37.4 Å². The van der Waals surface area contributed by atoms with Crippen molar-refractivity contribution in [1.82, 2.24) is 4.31 Å². The molecule has 0 N–H and O–H groups in total. The zero-order valence-corrected chi connectivity index (χ0v) is 9.72. The first kappa shape index (κ1) is 12.4. The molecule has 6 heteroatoms. The van der Waals surface area contributed by atoms with E-state index < -0.39 is 15.8 Å². The van der Waals surface area contributed by atoms with Gasteiger partial charge in [-0.25, -0.2) is 12.8 Å². The zero-order chi connectivity index (χ0) is 11.5. The standard InChI is InChI=1S/C9H11ClFNO2S/c1-12(7-6-10)15(13,14)9-5-3-2-4-8(9)11/h2-5H,6-7H2,1H3. The molecule has 0 spiro atoms. The summed E-state index contributed by atoms with van der Waals surface area (Å²) in [5.41, 5.74) is 0. The highest BCUT2D eigenvalue weighted by Crippen LogP contribution is 2.17. The number of hydrogen-bond acceptors (Lipinski definition) is 2. The van der Waals surface area contributed by atoms with Gasteiger partial charge in [-0.15, -0.1) is 11.6 Å².